The van der Waals surface area contributed by atoms with Crippen LogP contribution in [0.5, 0.6) is 0 Å². The second-order valence-corrected chi connectivity index (χ2v) is 14.1. The van der Waals surface area contributed by atoms with E-state index in [9.17, 15) is 0 Å². The number of aryl methyl sites for hydroxylation is 2. The highest BCUT2D eigenvalue weighted by atomic mass is 16.3. The zero-order chi connectivity index (χ0) is 37.9. The van der Waals surface area contributed by atoms with Gasteiger partial charge in [0.2, 0.25) is 0 Å². The molecule has 0 atom stereocenters. The van der Waals surface area contributed by atoms with Gasteiger partial charge in [0.25, 0.3) is 0 Å². The van der Waals surface area contributed by atoms with Gasteiger partial charge < -0.3 is 17.7 Å². The molecular formula is C52H38O4. The Morgan fingerprint density at radius 1 is 0.268 bits per heavy atom. The fourth-order valence-electron chi connectivity index (χ4n) is 8.17. The van der Waals surface area contributed by atoms with Crippen LogP contribution in [0.2, 0.25) is 0 Å². The van der Waals surface area contributed by atoms with Crippen LogP contribution < -0.4 is 0 Å². The Labute approximate surface area is 323 Å². The van der Waals surface area contributed by atoms with Gasteiger partial charge in [0.1, 0.15) is 44.7 Å². The van der Waals surface area contributed by atoms with Crippen LogP contribution in [0, 0.1) is 13.8 Å². The van der Waals surface area contributed by atoms with Gasteiger partial charge >= 0.3 is 0 Å². The lowest BCUT2D eigenvalue weighted by atomic mass is 10.00. The largest absolute Gasteiger partial charge is 0.455 e. The number of furan rings is 4. The first kappa shape index (κ1) is 33.5. The van der Waals surface area contributed by atoms with Gasteiger partial charge in [-0.1, -0.05) is 146 Å². The highest BCUT2D eigenvalue weighted by molar-refractivity contribution is 6.16. The van der Waals surface area contributed by atoms with Crippen molar-refractivity contribution >= 4 is 87.8 Å². The topological polar surface area (TPSA) is 52.6 Å². The Balaban J connectivity index is 0.000000132. The number of benzene rings is 8. The van der Waals surface area contributed by atoms with Gasteiger partial charge in [-0.15, -0.1) is 0 Å². The zero-order valence-corrected chi connectivity index (χ0v) is 31.6. The maximum absolute atomic E-state index is 6.27. The van der Waals surface area contributed by atoms with Gasteiger partial charge in [0.05, 0.1) is 0 Å². The van der Waals surface area contributed by atoms with Crippen LogP contribution in [0.25, 0.3) is 110 Å². The standard InChI is InChI=1S/2C25H16O2.C2H6/c2*1-15-12-13-23-21(14-15)20-10-5-9-19(25(20)27-23)18-8-4-7-17-16-6-2-3-11-22(16)26-24(17)18;1-2/h2*2-14H,1H3;1-2H3. The van der Waals surface area contributed by atoms with Crippen LogP contribution in [-0.2, 0) is 0 Å². The number of hydrogen-bond acceptors (Lipinski definition) is 4. The van der Waals surface area contributed by atoms with Crippen LogP contribution >= 0.6 is 0 Å². The van der Waals surface area contributed by atoms with Crippen LogP contribution in [0.1, 0.15) is 25.0 Å². The SMILES string of the molecule is CC.Cc1ccc2oc3c(-c4cccc5c4oc4ccccc45)cccc3c2c1.Cc1ccc2oc3c(-c4cccc5c4oc4ccccc45)cccc3c2c1. The molecule has 4 heterocycles. The third-order valence-corrected chi connectivity index (χ3v) is 10.7. The molecule has 4 nitrogen and oxygen atoms in total. The molecule has 0 N–H and O–H groups in total. The molecule has 56 heavy (non-hydrogen) atoms. The molecule has 12 rings (SSSR count). The molecule has 4 heteroatoms. The normalized spacial score (nSPS) is 11.6. The lowest BCUT2D eigenvalue weighted by Crippen LogP contribution is -1.80. The van der Waals surface area contributed by atoms with E-state index in [0.717, 1.165) is 110 Å². The summed E-state index contributed by atoms with van der Waals surface area (Å²) < 4.78 is 25.0. The Hall–Kier alpha value is -7.04. The maximum Gasteiger partial charge on any atom is 0.143 e. The number of rotatable bonds is 2. The lowest BCUT2D eigenvalue weighted by Gasteiger charge is -2.03. The first-order valence-electron chi connectivity index (χ1n) is 19.2. The number of fused-ring (bicyclic) bond motifs is 12. The smallest absolute Gasteiger partial charge is 0.143 e. The summed E-state index contributed by atoms with van der Waals surface area (Å²) >= 11 is 0. The third kappa shape index (κ3) is 5.29. The summed E-state index contributed by atoms with van der Waals surface area (Å²) in [6, 6.07) is 54.3. The molecule has 0 saturated heterocycles. The number of hydrogen-bond donors (Lipinski definition) is 0. The minimum absolute atomic E-state index is 0.905. The minimum atomic E-state index is 0.905. The summed E-state index contributed by atoms with van der Waals surface area (Å²) in [6.07, 6.45) is 0. The van der Waals surface area contributed by atoms with Gasteiger partial charge in [0, 0.05) is 65.3 Å². The second kappa shape index (κ2) is 13.4. The molecule has 0 aliphatic carbocycles. The first-order chi connectivity index (χ1) is 27.6. The van der Waals surface area contributed by atoms with Crippen molar-refractivity contribution in [2.45, 2.75) is 27.7 Å². The molecule has 0 spiro atoms. The minimum Gasteiger partial charge on any atom is -0.455 e. The quantitative estimate of drug-likeness (QED) is 0.178. The summed E-state index contributed by atoms with van der Waals surface area (Å²) in [5.41, 5.74) is 14.0. The van der Waals surface area contributed by atoms with Crippen molar-refractivity contribution in [1.82, 2.24) is 0 Å². The Kier molecular flexibility index (Phi) is 8.00. The van der Waals surface area contributed by atoms with Crippen molar-refractivity contribution in [1.29, 1.82) is 0 Å². The summed E-state index contributed by atoms with van der Waals surface area (Å²) in [7, 11) is 0. The molecule has 0 aliphatic heterocycles. The van der Waals surface area contributed by atoms with Crippen LogP contribution in [-0.4, -0.2) is 0 Å². The fraction of sp³-hybridized carbons (Fsp3) is 0.0769. The van der Waals surface area contributed by atoms with E-state index < -0.39 is 0 Å². The Morgan fingerprint density at radius 2 is 0.554 bits per heavy atom. The van der Waals surface area contributed by atoms with Crippen LogP contribution in [0.4, 0.5) is 0 Å². The van der Waals surface area contributed by atoms with E-state index in [-0.39, 0.29) is 0 Å². The van der Waals surface area contributed by atoms with Crippen molar-refractivity contribution in [2.75, 3.05) is 0 Å². The van der Waals surface area contributed by atoms with Gasteiger partial charge in [-0.3, -0.25) is 0 Å². The average Bonchev–Trinajstić information content (AvgIpc) is 4.02. The van der Waals surface area contributed by atoms with E-state index in [1.807, 2.05) is 50.2 Å². The highest BCUT2D eigenvalue weighted by Gasteiger charge is 2.19. The fourth-order valence-corrected chi connectivity index (χ4v) is 8.17. The Morgan fingerprint density at radius 3 is 0.911 bits per heavy atom. The van der Waals surface area contributed by atoms with E-state index in [1.54, 1.807) is 0 Å². The van der Waals surface area contributed by atoms with Crippen LogP contribution in [0.3, 0.4) is 0 Å². The first-order valence-corrected chi connectivity index (χ1v) is 19.2. The summed E-state index contributed by atoms with van der Waals surface area (Å²) in [5.74, 6) is 0. The van der Waals surface area contributed by atoms with E-state index >= 15 is 0 Å². The summed E-state index contributed by atoms with van der Waals surface area (Å²) in [6.45, 7) is 8.22. The molecule has 0 amide bonds. The molecule has 0 unspecified atom stereocenters. The van der Waals surface area contributed by atoms with Crippen molar-refractivity contribution in [3.05, 3.63) is 169 Å². The van der Waals surface area contributed by atoms with Crippen molar-refractivity contribution in [2.24, 2.45) is 0 Å². The Bertz CT molecular complexity index is 3190. The second-order valence-electron chi connectivity index (χ2n) is 14.1. The molecule has 4 aromatic heterocycles. The molecule has 12 aromatic rings. The van der Waals surface area contributed by atoms with Crippen molar-refractivity contribution < 1.29 is 17.7 Å². The van der Waals surface area contributed by atoms with E-state index in [1.165, 1.54) is 11.1 Å². The predicted octanol–water partition coefficient (Wildman–Crippen LogP) is 15.9. The average molecular weight is 727 g/mol. The summed E-state index contributed by atoms with van der Waals surface area (Å²) in [5, 5.41) is 9.13. The van der Waals surface area contributed by atoms with Gasteiger partial charge in [-0.25, -0.2) is 0 Å². The zero-order valence-electron chi connectivity index (χ0n) is 31.6. The van der Waals surface area contributed by atoms with Gasteiger partial charge in [-0.2, -0.15) is 0 Å². The third-order valence-electron chi connectivity index (χ3n) is 10.7. The molecule has 0 fully saturated rings. The monoisotopic (exact) mass is 726 g/mol. The highest BCUT2D eigenvalue weighted by Crippen LogP contribution is 2.43. The van der Waals surface area contributed by atoms with Crippen molar-refractivity contribution in [3.63, 3.8) is 0 Å². The summed E-state index contributed by atoms with van der Waals surface area (Å²) in [4.78, 5) is 0. The molecule has 0 aliphatic rings. The molecule has 0 bridgehead atoms. The van der Waals surface area contributed by atoms with Gasteiger partial charge in [-0.05, 0) is 50.2 Å². The maximum atomic E-state index is 6.27. The molecule has 8 aromatic carbocycles. The molecular weight excluding hydrogens is 689 g/mol. The van der Waals surface area contributed by atoms with Crippen LogP contribution in [0.15, 0.2) is 175 Å². The van der Waals surface area contributed by atoms with E-state index in [2.05, 4.69) is 135 Å². The van der Waals surface area contributed by atoms with E-state index in [4.69, 9.17) is 17.7 Å². The molecule has 270 valence electrons. The molecule has 0 saturated carbocycles. The molecule has 0 radical (unpaired) electrons. The predicted molar refractivity (Wildman–Crippen MR) is 234 cm³/mol. The number of para-hydroxylation sites is 6. The lowest BCUT2D eigenvalue weighted by molar-refractivity contribution is 0.665. The van der Waals surface area contributed by atoms with Crippen molar-refractivity contribution in [3.8, 4) is 22.3 Å². The van der Waals surface area contributed by atoms with E-state index in [0.29, 0.717) is 0 Å². The van der Waals surface area contributed by atoms with Gasteiger partial charge in [0.15, 0.2) is 0 Å².